The molecule has 0 unspecified atom stereocenters. The standard InChI is InChI=1S/C10H17N.C8H8F3NO/c11-10-8-2-6-1-7(4-8)5-9(10)3-6;9-8(10,11)13-7-3-1-6(5-12)2-4-7/h6-10H,1-5,11H2;1-4H,5,12H2. The number of benzene rings is 1. The summed E-state index contributed by atoms with van der Waals surface area (Å²) in [5.41, 5.74) is 12.2. The van der Waals surface area contributed by atoms with Crippen LogP contribution in [0.3, 0.4) is 0 Å². The van der Waals surface area contributed by atoms with Crippen molar-refractivity contribution >= 4 is 0 Å². The van der Waals surface area contributed by atoms with E-state index in [-0.39, 0.29) is 5.75 Å². The van der Waals surface area contributed by atoms with Crippen LogP contribution >= 0.6 is 0 Å². The molecule has 4 fully saturated rings. The largest absolute Gasteiger partial charge is 0.573 e. The molecule has 0 aliphatic heterocycles. The molecule has 4 bridgehead atoms. The Balaban J connectivity index is 0.000000142. The van der Waals surface area contributed by atoms with Crippen LogP contribution in [0.1, 0.15) is 37.7 Å². The van der Waals surface area contributed by atoms with Gasteiger partial charge < -0.3 is 16.2 Å². The zero-order valence-corrected chi connectivity index (χ0v) is 13.6. The highest BCUT2D eigenvalue weighted by Gasteiger charge is 2.46. The second-order valence-electron chi connectivity index (χ2n) is 7.40. The van der Waals surface area contributed by atoms with Gasteiger partial charge in [-0.3, -0.25) is 0 Å². The smallest absolute Gasteiger partial charge is 0.406 e. The third kappa shape index (κ3) is 4.22. The lowest BCUT2D eigenvalue weighted by molar-refractivity contribution is -0.274. The highest BCUT2D eigenvalue weighted by atomic mass is 19.4. The fourth-order valence-electron chi connectivity index (χ4n) is 4.79. The van der Waals surface area contributed by atoms with E-state index in [9.17, 15) is 13.2 Å². The zero-order valence-electron chi connectivity index (χ0n) is 13.6. The number of alkyl halides is 3. The molecule has 4 aliphatic rings. The van der Waals surface area contributed by atoms with E-state index in [2.05, 4.69) is 4.74 Å². The molecule has 0 atom stereocenters. The quantitative estimate of drug-likeness (QED) is 0.859. The Morgan fingerprint density at radius 2 is 1.42 bits per heavy atom. The Morgan fingerprint density at radius 3 is 1.83 bits per heavy atom. The van der Waals surface area contributed by atoms with Gasteiger partial charge >= 0.3 is 6.36 Å². The van der Waals surface area contributed by atoms with Crippen LogP contribution in [0.5, 0.6) is 5.75 Å². The van der Waals surface area contributed by atoms with Crippen LogP contribution in [0.4, 0.5) is 13.2 Å². The number of nitrogens with two attached hydrogens (primary N) is 2. The van der Waals surface area contributed by atoms with Crippen LogP contribution in [0.2, 0.25) is 0 Å². The first-order valence-electron chi connectivity index (χ1n) is 8.64. The van der Waals surface area contributed by atoms with E-state index >= 15 is 0 Å². The predicted octanol–water partition coefficient (Wildman–Crippen LogP) is 3.81. The molecule has 0 aromatic heterocycles. The lowest BCUT2D eigenvalue weighted by atomic mass is 9.54. The summed E-state index contributed by atoms with van der Waals surface area (Å²) in [6.07, 6.45) is 2.77. The zero-order chi connectivity index (χ0) is 17.3. The molecular formula is C18H25F3N2O. The van der Waals surface area contributed by atoms with E-state index in [1.165, 1.54) is 49.9 Å². The van der Waals surface area contributed by atoms with Gasteiger partial charge in [0, 0.05) is 12.6 Å². The number of hydrogen-bond acceptors (Lipinski definition) is 3. The maximum atomic E-state index is 11.7. The molecule has 1 aromatic carbocycles. The summed E-state index contributed by atoms with van der Waals surface area (Å²) in [6, 6.07) is 6.02. The predicted molar refractivity (Wildman–Crippen MR) is 86.0 cm³/mol. The molecule has 0 spiro atoms. The summed E-state index contributed by atoms with van der Waals surface area (Å²) in [5.74, 6) is 3.77. The topological polar surface area (TPSA) is 61.3 Å². The molecule has 0 amide bonds. The van der Waals surface area contributed by atoms with Gasteiger partial charge in [0.05, 0.1) is 0 Å². The minimum atomic E-state index is -4.63. The molecule has 5 rings (SSSR count). The third-order valence-electron chi connectivity index (χ3n) is 5.69. The van der Waals surface area contributed by atoms with Crippen molar-refractivity contribution in [2.75, 3.05) is 0 Å². The molecule has 4 saturated carbocycles. The minimum absolute atomic E-state index is 0.232. The van der Waals surface area contributed by atoms with Crippen molar-refractivity contribution in [2.45, 2.75) is 51.1 Å². The van der Waals surface area contributed by atoms with Crippen LogP contribution < -0.4 is 16.2 Å². The lowest BCUT2D eigenvalue weighted by Crippen LogP contribution is -2.52. The van der Waals surface area contributed by atoms with Crippen LogP contribution in [0.25, 0.3) is 0 Å². The normalized spacial score (nSPS) is 33.8. The van der Waals surface area contributed by atoms with Gasteiger partial charge in [0.2, 0.25) is 0 Å². The summed E-state index contributed by atoms with van der Waals surface area (Å²) in [7, 11) is 0. The fraction of sp³-hybridized carbons (Fsp3) is 0.667. The maximum absolute atomic E-state index is 11.7. The first-order valence-corrected chi connectivity index (χ1v) is 8.64. The molecule has 3 nitrogen and oxygen atoms in total. The fourth-order valence-corrected chi connectivity index (χ4v) is 4.79. The minimum Gasteiger partial charge on any atom is -0.406 e. The van der Waals surface area contributed by atoms with Gasteiger partial charge in [0.15, 0.2) is 0 Å². The van der Waals surface area contributed by atoms with Gasteiger partial charge in [0.25, 0.3) is 0 Å². The van der Waals surface area contributed by atoms with E-state index in [1.54, 1.807) is 6.42 Å². The van der Waals surface area contributed by atoms with Crippen molar-refractivity contribution in [2.24, 2.45) is 35.1 Å². The van der Waals surface area contributed by atoms with Crippen molar-refractivity contribution in [3.8, 4) is 5.75 Å². The number of hydrogen-bond donors (Lipinski definition) is 2. The molecule has 0 saturated heterocycles. The molecule has 24 heavy (non-hydrogen) atoms. The van der Waals surface area contributed by atoms with Crippen molar-refractivity contribution in [3.05, 3.63) is 29.8 Å². The molecule has 6 heteroatoms. The van der Waals surface area contributed by atoms with Crippen LogP contribution in [-0.4, -0.2) is 12.4 Å². The van der Waals surface area contributed by atoms with Crippen molar-refractivity contribution in [1.82, 2.24) is 0 Å². The number of halogens is 3. The highest BCUT2D eigenvalue weighted by molar-refractivity contribution is 5.27. The van der Waals surface area contributed by atoms with Gasteiger partial charge in [0.1, 0.15) is 5.75 Å². The summed E-state index contributed by atoms with van der Waals surface area (Å²) in [5, 5.41) is 0. The summed E-state index contributed by atoms with van der Waals surface area (Å²) >= 11 is 0. The maximum Gasteiger partial charge on any atom is 0.573 e. The van der Waals surface area contributed by atoms with E-state index in [0.717, 1.165) is 29.2 Å². The van der Waals surface area contributed by atoms with Crippen molar-refractivity contribution < 1.29 is 17.9 Å². The van der Waals surface area contributed by atoms with Gasteiger partial charge in [-0.05, 0) is 73.5 Å². The molecule has 4 aliphatic carbocycles. The Labute approximate surface area is 140 Å². The Kier molecular flexibility index (Phi) is 5.06. The monoisotopic (exact) mass is 342 g/mol. The van der Waals surface area contributed by atoms with Crippen LogP contribution in [-0.2, 0) is 6.54 Å². The Hall–Kier alpha value is -1.27. The Morgan fingerprint density at radius 1 is 0.917 bits per heavy atom. The van der Waals surface area contributed by atoms with E-state index in [0.29, 0.717) is 12.6 Å². The molecule has 0 heterocycles. The average molecular weight is 342 g/mol. The lowest BCUT2D eigenvalue weighted by Gasteiger charge is -2.53. The van der Waals surface area contributed by atoms with Gasteiger partial charge in [-0.2, -0.15) is 0 Å². The SMILES string of the molecule is NC1C2CC3CC(C2)CC1C3.NCc1ccc(OC(F)(F)F)cc1. The molecule has 134 valence electrons. The second-order valence-corrected chi connectivity index (χ2v) is 7.40. The summed E-state index contributed by atoms with van der Waals surface area (Å²) in [6.45, 7) is 0.298. The molecule has 1 aromatic rings. The first kappa shape index (κ1) is 17.5. The van der Waals surface area contributed by atoms with E-state index in [1.807, 2.05) is 0 Å². The molecule has 0 radical (unpaired) electrons. The van der Waals surface area contributed by atoms with Crippen LogP contribution in [0, 0.1) is 23.7 Å². The third-order valence-corrected chi connectivity index (χ3v) is 5.69. The molecule has 4 N–H and O–H groups in total. The van der Waals surface area contributed by atoms with Crippen molar-refractivity contribution in [1.29, 1.82) is 0 Å². The van der Waals surface area contributed by atoms with Gasteiger partial charge in [-0.25, -0.2) is 0 Å². The summed E-state index contributed by atoms with van der Waals surface area (Å²) < 4.78 is 38.7. The highest BCUT2D eigenvalue weighted by Crippen LogP contribution is 2.52. The summed E-state index contributed by atoms with van der Waals surface area (Å²) in [4.78, 5) is 0. The Bertz CT molecular complexity index is 516. The second kappa shape index (κ2) is 6.92. The van der Waals surface area contributed by atoms with Gasteiger partial charge in [-0.15, -0.1) is 13.2 Å². The van der Waals surface area contributed by atoms with Gasteiger partial charge in [-0.1, -0.05) is 12.1 Å². The van der Waals surface area contributed by atoms with Crippen LogP contribution in [0.15, 0.2) is 24.3 Å². The van der Waals surface area contributed by atoms with E-state index < -0.39 is 6.36 Å². The van der Waals surface area contributed by atoms with Crippen molar-refractivity contribution in [3.63, 3.8) is 0 Å². The average Bonchev–Trinajstić information content (AvgIpc) is 2.51. The molecular weight excluding hydrogens is 317 g/mol. The number of rotatable bonds is 2. The number of ether oxygens (including phenoxy) is 1. The van der Waals surface area contributed by atoms with E-state index in [4.69, 9.17) is 11.5 Å². The first-order chi connectivity index (χ1) is 11.3.